The zero-order valence-electron chi connectivity index (χ0n) is 11.1. The van der Waals surface area contributed by atoms with E-state index in [-0.39, 0.29) is 18.0 Å². The first kappa shape index (κ1) is 12.6. The molecule has 2 nitrogen and oxygen atoms in total. The second kappa shape index (κ2) is 4.79. The summed E-state index contributed by atoms with van der Waals surface area (Å²) in [6.45, 7) is 8.68. The molecule has 1 aromatic carbocycles. The van der Waals surface area contributed by atoms with Crippen molar-refractivity contribution in [3.63, 3.8) is 0 Å². The predicted octanol–water partition coefficient (Wildman–Crippen LogP) is 3.93. The molecule has 1 fully saturated rings. The van der Waals surface area contributed by atoms with Gasteiger partial charge in [-0.15, -0.1) is 0 Å². The van der Waals surface area contributed by atoms with Crippen molar-refractivity contribution < 1.29 is 9.47 Å². The lowest BCUT2D eigenvalue weighted by Gasteiger charge is -2.42. The summed E-state index contributed by atoms with van der Waals surface area (Å²) in [4.78, 5) is 0. The van der Waals surface area contributed by atoms with E-state index in [1.807, 2.05) is 18.2 Å². The third-order valence-electron chi connectivity index (χ3n) is 3.23. The Hall–Kier alpha value is -0.860. The van der Waals surface area contributed by atoms with Crippen LogP contribution in [0.2, 0.25) is 0 Å². The van der Waals surface area contributed by atoms with Crippen LogP contribution >= 0.6 is 0 Å². The minimum absolute atomic E-state index is 0.117. The van der Waals surface area contributed by atoms with Crippen molar-refractivity contribution in [2.45, 2.75) is 52.1 Å². The summed E-state index contributed by atoms with van der Waals surface area (Å²) in [5.74, 6) is 0.518. The standard InChI is InChI=1S/C15H22O2/c1-11(2)13-10-15(3,4)17-14(16-13)12-8-6-5-7-9-12/h5-9,11,13-14H,10H2,1-4H3. The maximum Gasteiger partial charge on any atom is 0.184 e. The molecule has 0 amide bonds. The lowest BCUT2D eigenvalue weighted by Crippen LogP contribution is -2.42. The quantitative estimate of drug-likeness (QED) is 0.772. The molecule has 0 bridgehead atoms. The van der Waals surface area contributed by atoms with Crippen LogP contribution in [0.15, 0.2) is 30.3 Å². The van der Waals surface area contributed by atoms with Crippen LogP contribution in [0.3, 0.4) is 0 Å². The molecule has 1 saturated heterocycles. The molecule has 2 atom stereocenters. The Bertz CT molecular complexity index is 356. The van der Waals surface area contributed by atoms with Crippen molar-refractivity contribution in [3.05, 3.63) is 35.9 Å². The second-order valence-corrected chi connectivity index (χ2v) is 5.74. The zero-order chi connectivity index (χ0) is 12.5. The van der Waals surface area contributed by atoms with Gasteiger partial charge in [-0.25, -0.2) is 0 Å². The maximum atomic E-state index is 6.05. The summed E-state index contributed by atoms with van der Waals surface area (Å²) in [7, 11) is 0. The Morgan fingerprint density at radius 3 is 2.41 bits per heavy atom. The summed E-state index contributed by atoms with van der Waals surface area (Å²) in [5.41, 5.74) is 0.985. The van der Waals surface area contributed by atoms with Gasteiger partial charge in [0.1, 0.15) is 0 Å². The van der Waals surface area contributed by atoms with Gasteiger partial charge in [0.25, 0.3) is 0 Å². The molecule has 0 spiro atoms. The van der Waals surface area contributed by atoms with Gasteiger partial charge in [0, 0.05) is 12.0 Å². The van der Waals surface area contributed by atoms with Crippen LogP contribution in [0.1, 0.15) is 46.0 Å². The number of hydrogen-bond acceptors (Lipinski definition) is 2. The van der Waals surface area contributed by atoms with Crippen LogP contribution in [0.5, 0.6) is 0 Å². The molecule has 2 unspecified atom stereocenters. The largest absolute Gasteiger partial charge is 0.345 e. The fourth-order valence-corrected chi connectivity index (χ4v) is 2.21. The van der Waals surface area contributed by atoms with E-state index in [9.17, 15) is 0 Å². The first-order valence-electron chi connectivity index (χ1n) is 6.36. The average molecular weight is 234 g/mol. The predicted molar refractivity (Wildman–Crippen MR) is 68.7 cm³/mol. The van der Waals surface area contributed by atoms with E-state index >= 15 is 0 Å². The van der Waals surface area contributed by atoms with Gasteiger partial charge in [-0.05, 0) is 19.8 Å². The molecule has 0 aromatic heterocycles. The summed E-state index contributed by atoms with van der Waals surface area (Å²) in [6, 6.07) is 10.2. The summed E-state index contributed by atoms with van der Waals surface area (Å²) in [5, 5.41) is 0. The topological polar surface area (TPSA) is 18.5 Å². The van der Waals surface area contributed by atoms with Gasteiger partial charge in [0.2, 0.25) is 0 Å². The van der Waals surface area contributed by atoms with E-state index in [1.54, 1.807) is 0 Å². The van der Waals surface area contributed by atoms with Gasteiger partial charge >= 0.3 is 0 Å². The minimum Gasteiger partial charge on any atom is -0.345 e. The molecule has 94 valence electrons. The van der Waals surface area contributed by atoms with Gasteiger partial charge in [-0.1, -0.05) is 44.2 Å². The smallest absolute Gasteiger partial charge is 0.184 e. The van der Waals surface area contributed by atoms with E-state index in [1.165, 1.54) is 0 Å². The van der Waals surface area contributed by atoms with Gasteiger partial charge in [-0.2, -0.15) is 0 Å². The number of ether oxygens (including phenoxy) is 2. The van der Waals surface area contributed by atoms with Crippen molar-refractivity contribution in [1.29, 1.82) is 0 Å². The Kier molecular flexibility index (Phi) is 3.55. The van der Waals surface area contributed by atoms with Gasteiger partial charge < -0.3 is 9.47 Å². The highest BCUT2D eigenvalue weighted by Crippen LogP contribution is 2.37. The number of hydrogen-bond donors (Lipinski definition) is 0. The average Bonchev–Trinajstić information content (AvgIpc) is 2.28. The molecular weight excluding hydrogens is 212 g/mol. The minimum atomic E-state index is -0.229. The highest BCUT2D eigenvalue weighted by molar-refractivity contribution is 5.16. The van der Waals surface area contributed by atoms with Crippen molar-refractivity contribution in [3.8, 4) is 0 Å². The maximum absolute atomic E-state index is 6.05. The molecule has 1 aliphatic rings. The Morgan fingerprint density at radius 1 is 1.18 bits per heavy atom. The molecule has 0 radical (unpaired) electrons. The van der Waals surface area contributed by atoms with Crippen LogP contribution < -0.4 is 0 Å². The van der Waals surface area contributed by atoms with E-state index < -0.39 is 0 Å². The van der Waals surface area contributed by atoms with Crippen LogP contribution in [0, 0.1) is 5.92 Å². The monoisotopic (exact) mass is 234 g/mol. The zero-order valence-corrected chi connectivity index (χ0v) is 11.1. The third kappa shape index (κ3) is 3.08. The third-order valence-corrected chi connectivity index (χ3v) is 3.23. The molecule has 0 N–H and O–H groups in total. The summed E-state index contributed by atoms with van der Waals surface area (Å²) < 4.78 is 12.1. The van der Waals surface area contributed by atoms with Crippen LogP contribution in [-0.2, 0) is 9.47 Å². The van der Waals surface area contributed by atoms with Crippen LogP contribution in [-0.4, -0.2) is 11.7 Å². The van der Waals surface area contributed by atoms with Crippen molar-refractivity contribution >= 4 is 0 Å². The molecule has 0 aliphatic carbocycles. The normalized spacial score (nSPS) is 28.3. The summed E-state index contributed by atoms with van der Waals surface area (Å²) >= 11 is 0. The number of rotatable bonds is 2. The lowest BCUT2D eigenvalue weighted by atomic mass is 9.92. The first-order chi connectivity index (χ1) is 7.98. The van der Waals surface area contributed by atoms with Gasteiger partial charge in [-0.3, -0.25) is 0 Å². The van der Waals surface area contributed by atoms with E-state index in [0.717, 1.165) is 12.0 Å². The second-order valence-electron chi connectivity index (χ2n) is 5.74. The highest BCUT2D eigenvalue weighted by atomic mass is 16.7. The van der Waals surface area contributed by atoms with E-state index in [2.05, 4.69) is 39.8 Å². The summed E-state index contributed by atoms with van der Waals surface area (Å²) in [6.07, 6.45) is 0.991. The van der Waals surface area contributed by atoms with Crippen molar-refractivity contribution in [1.82, 2.24) is 0 Å². The lowest BCUT2D eigenvalue weighted by molar-refractivity contribution is -0.284. The number of benzene rings is 1. The molecule has 1 aliphatic heterocycles. The molecule has 1 aromatic rings. The van der Waals surface area contributed by atoms with Crippen molar-refractivity contribution in [2.24, 2.45) is 5.92 Å². The SMILES string of the molecule is CC(C)C1CC(C)(C)OC(c2ccccc2)O1. The van der Waals surface area contributed by atoms with E-state index in [0.29, 0.717) is 5.92 Å². The fraction of sp³-hybridized carbons (Fsp3) is 0.600. The van der Waals surface area contributed by atoms with Crippen molar-refractivity contribution in [2.75, 3.05) is 0 Å². The van der Waals surface area contributed by atoms with Gasteiger partial charge in [0.15, 0.2) is 6.29 Å². The molecule has 17 heavy (non-hydrogen) atoms. The van der Waals surface area contributed by atoms with E-state index in [4.69, 9.17) is 9.47 Å². The molecular formula is C15H22O2. The molecule has 0 saturated carbocycles. The first-order valence-corrected chi connectivity index (χ1v) is 6.36. The Morgan fingerprint density at radius 2 is 1.82 bits per heavy atom. The van der Waals surface area contributed by atoms with Crippen LogP contribution in [0.25, 0.3) is 0 Å². The van der Waals surface area contributed by atoms with Gasteiger partial charge in [0.05, 0.1) is 11.7 Å². The molecule has 2 rings (SSSR count). The fourth-order valence-electron chi connectivity index (χ4n) is 2.21. The Balaban J connectivity index is 2.18. The Labute approximate surface area is 104 Å². The van der Waals surface area contributed by atoms with Crippen LogP contribution in [0.4, 0.5) is 0 Å². The molecule has 2 heteroatoms. The highest BCUT2D eigenvalue weighted by Gasteiger charge is 2.37. The molecule has 1 heterocycles.